The minimum Gasteiger partial charge on any atom is -0.465 e. The number of carbonyl (C=O) groups is 1. The van der Waals surface area contributed by atoms with Crippen molar-refractivity contribution in [3.05, 3.63) is 0 Å². The lowest BCUT2D eigenvalue weighted by Gasteiger charge is -2.34. The van der Waals surface area contributed by atoms with E-state index in [0.29, 0.717) is 6.61 Å². The first kappa shape index (κ1) is 14.5. The maximum Gasteiger partial charge on any atom is 0.327 e. The molecule has 1 saturated heterocycles. The number of esters is 1. The third-order valence-corrected chi connectivity index (χ3v) is 3.07. The van der Waals surface area contributed by atoms with Crippen molar-refractivity contribution >= 4 is 5.97 Å². The summed E-state index contributed by atoms with van der Waals surface area (Å²) in [6.07, 6.45) is 2.47. The first-order valence-corrected chi connectivity index (χ1v) is 6.65. The molecular weight excluding hydrogens is 216 g/mol. The van der Waals surface area contributed by atoms with Crippen LogP contribution in [0.4, 0.5) is 0 Å². The van der Waals surface area contributed by atoms with Crippen LogP contribution in [0.15, 0.2) is 0 Å². The quantitative estimate of drug-likeness (QED) is 0.715. The molecule has 1 atom stereocenters. The molecule has 4 nitrogen and oxygen atoms in total. The van der Waals surface area contributed by atoms with E-state index in [1.165, 1.54) is 12.8 Å². The Kier molecular flexibility index (Phi) is 5.40. The van der Waals surface area contributed by atoms with Gasteiger partial charge in [0, 0.05) is 12.6 Å². The average Bonchev–Trinajstić information content (AvgIpc) is 2.69. The topological polar surface area (TPSA) is 41.6 Å². The average molecular weight is 242 g/mol. The number of hydrogen-bond donors (Lipinski definition) is 1. The smallest absolute Gasteiger partial charge is 0.327 e. The number of nitrogens with zero attached hydrogens (tertiary/aromatic N) is 1. The molecular formula is C13H26N2O2. The molecule has 0 spiro atoms. The van der Waals surface area contributed by atoms with Gasteiger partial charge in [-0.1, -0.05) is 0 Å². The molecule has 4 heteroatoms. The van der Waals surface area contributed by atoms with Gasteiger partial charge in [-0.25, -0.2) is 0 Å². The van der Waals surface area contributed by atoms with Crippen LogP contribution >= 0.6 is 0 Å². The molecule has 1 heterocycles. The van der Waals surface area contributed by atoms with Crippen LogP contribution in [0.3, 0.4) is 0 Å². The summed E-state index contributed by atoms with van der Waals surface area (Å²) in [6.45, 7) is 11.3. The van der Waals surface area contributed by atoms with Gasteiger partial charge in [-0.15, -0.1) is 0 Å². The number of ether oxygens (including phenoxy) is 1. The highest BCUT2D eigenvalue weighted by Gasteiger charge is 2.37. The van der Waals surface area contributed by atoms with Crippen molar-refractivity contribution < 1.29 is 9.53 Å². The molecule has 0 saturated carbocycles. The van der Waals surface area contributed by atoms with Gasteiger partial charge < -0.3 is 9.64 Å². The van der Waals surface area contributed by atoms with Crippen LogP contribution in [0.2, 0.25) is 0 Å². The van der Waals surface area contributed by atoms with E-state index in [2.05, 4.69) is 24.1 Å². The molecule has 0 radical (unpaired) electrons. The van der Waals surface area contributed by atoms with Crippen LogP contribution in [0.25, 0.3) is 0 Å². The van der Waals surface area contributed by atoms with E-state index in [9.17, 15) is 4.79 Å². The highest BCUT2D eigenvalue weighted by molar-refractivity contribution is 5.80. The number of likely N-dealkylation sites (tertiary alicyclic amines) is 1. The molecule has 1 N–H and O–H groups in total. The largest absolute Gasteiger partial charge is 0.465 e. The molecule has 1 unspecified atom stereocenters. The fraction of sp³-hybridized carbons (Fsp3) is 0.923. The van der Waals surface area contributed by atoms with Crippen LogP contribution in [-0.2, 0) is 9.53 Å². The Morgan fingerprint density at radius 3 is 2.47 bits per heavy atom. The lowest BCUT2D eigenvalue weighted by atomic mass is 10.0. The summed E-state index contributed by atoms with van der Waals surface area (Å²) in [5.41, 5.74) is -0.589. The summed E-state index contributed by atoms with van der Waals surface area (Å²) in [5, 5.41) is 3.35. The van der Waals surface area contributed by atoms with Gasteiger partial charge in [0.25, 0.3) is 0 Å². The summed E-state index contributed by atoms with van der Waals surface area (Å²) in [4.78, 5) is 14.4. The SMILES string of the molecule is CCOC(=O)C(C)(CN1CCCC1)NC(C)C. The van der Waals surface area contributed by atoms with Crippen molar-refractivity contribution in [3.63, 3.8) is 0 Å². The van der Waals surface area contributed by atoms with Gasteiger partial charge in [-0.3, -0.25) is 10.1 Å². The minimum absolute atomic E-state index is 0.138. The molecule has 0 bridgehead atoms. The summed E-state index contributed by atoms with van der Waals surface area (Å²) < 4.78 is 5.19. The van der Waals surface area contributed by atoms with Crippen molar-refractivity contribution in [2.75, 3.05) is 26.2 Å². The van der Waals surface area contributed by atoms with Crippen molar-refractivity contribution in [1.29, 1.82) is 0 Å². The molecule has 1 aliphatic rings. The number of hydrogen-bond acceptors (Lipinski definition) is 4. The normalized spacial score (nSPS) is 20.5. The maximum absolute atomic E-state index is 12.1. The van der Waals surface area contributed by atoms with Gasteiger partial charge in [-0.05, 0) is 53.6 Å². The Bertz CT molecular complexity index is 250. The molecule has 0 amide bonds. The molecule has 0 aromatic heterocycles. The van der Waals surface area contributed by atoms with Crippen LogP contribution in [0.1, 0.15) is 40.5 Å². The van der Waals surface area contributed by atoms with Gasteiger partial charge in [0.2, 0.25) is 0 Å². The van der Waals surface area contributed by atoms with Crippen molar-refractivity contribution in [2.24, 2.45) is 0 Å². The predicted molar refractivity (Wildman–Crippen MR) is 69.0 cm³/mol. The monoisotopic (exact) mass is 242 g/mol. The van der Waals surface area contributed by atoms with Crippen molar-refractivity contribution in [3.8, 4) is 0 Å². The van der Waals surface area contributed by atoms with Crippen LogP contribution in [-0.4, -0.2) is 48.7 Å². The molecule has 100 valence electrons. The molecule has 1 aliphatic heterocycles. The zero-order chi connectivity index (χ0) is 12.9. The van der Waals surface area contributed by atoms with Gasteiger partial charge in [0.05, 0.1) is 6.61 Å². The second-order valence-corrected chi connectivity index (χ2v) is 5.33. The van der Waals surface area contributed by atoms with E-state index in [0.717, 1.165) is 19.6 Å². The summed E-state index contributed by atoms with van der Waals surface area (Å²) >= 11 is 0. The number of nitrogens with one attached hydrogen (secondary N) is 1. The van der Waals surface area contributed by atoms with E-state index in [-0.39, 0.29) is 12.0 Å². The minimum atomic E-state index is -0.589. The van der Waals surface area contributed by atoms with E-state index < -0.39 is 5.54 Å². The predicted octanol–water partition coefficient (Wildman–Crippen LogP) is 1.40. The third kappa shape index (κ3) is 4.28. The fourth-order valence-electron chi connectivity index (χ4n) is 2.48. The highest BCUT2D eigenvalue weighted by atomic mass is 16.5. The Hall–Kier alpha value is -0.610. The number of carbonyl (C=O) groups excluding carboxylic acids is 1. The second kappa shape index (κ2) is 6.36. The molecule has 0 aromatic rings. The van der Waals surface area contributed by atoms with Gasteiger partial charge >= 0.3 is 5.97 Å². The molecule has 1 rings (SSSR count). The van der Waals surface area contributed by atoms with Crippen LogP contribution in [0.5, 0.6) is 0 Å². The van der Waals surface area contributed by atoms with Crippen LogP contribution < -0.4 is 5.32 Å². The molecule has 1 fully saturated rings. The van der Waals surface area contributed by atoms with Crippen molar-refractivity contribution in [2.45, 2.75) is 52.1 Å². The lowest BCUT2D eigenvalue weighted by Crippen LogP contribution is -2.59. The zero-order valence-corrected chi connectivity index (χ0v) is 11.6. The standard InChI is InChI=1S/C13H26N2O2/c1-5-17-12(16)13(4,14-11(2)3)10-15-8-6-7-9-15/h11,14H,5-10H2,1-4H3. The first-order valence-electron chi connectivity index (χ1n) is 6.65. The van der Waals surface area contributed by atoms with E-state index in [1.807, 2.05) is 13.8 Å². The summed E-state index contributed by atoms with van der Waals surface area (Å²) in [5.74, 6) is -0.138. The van der Waals surface area contributed by atoms with E-state index in [1.54, 1.807) is 0 Å². The van der Waals surface area contributed by atoms with Gasteiger partial charge in [-0.2, -0.15) is 0 Å². The molecule has 17 heavy (non-hydrogen) atoms. The van der Waals surface area contributed by atoms with Crippen molar-refractivity contribution in [1.82, 2.24) is 10.2 Å². The van der Waals surface area contributed by atoms with E-state index >= 15 is 0 Å². The number of rotatable bonds is 6. The molecule has 0 aliphatic carbocycles. The van der Waals surface area contributed by atoms with Gasteiger partial charge in [0.1, 0.15) is 5.54 Å². The maximum atomic E-state index is 12.1. The highest BCUT2D eigenvalue weighted by Crippen LogP contribution is 2.15. The molecule has 0 aromatic carbocycles. The zero-order valence-electron chi connectivity index (χ0n) is 11.6. The fourth-order valence-corrected chi connectivity index (χ4v) is 2.48. The Morgan fingerprint density at radius 2 is 2.00 bits per heavy atom. The lowest BCUT2D eigenvalue weighted by molar-refractivity contribution is -0.151. The Morgan fingerprint density at radius 1 is 1.41 bits per heavy atom. The summed E-state index contributed by atoms with van der Waals surface area (Å²) in [6, 6.07) is 0.270. The van der Waals surface area contributed by atoms with E-state index in [4.69, 9.17) is 4.74 Å². The summed E-state index contributed by atoms with van der Waals surface area (Å²) in [7, 11) is 0. The van der Waals surface area contributed by atoms with Gasteiger partial charge in [0.15, 0.2) is 0 Å². The van der Waals surface area contributed by atoms with Crippen LogP contribution in [0, 0.1) is 0 Å². The third-order valence-electron chi connectivity index (χ3n) is 3.07. The first-order chi connectivity index (χ1) is 7.98. The Balaban J connectivity index is 2.65. The Labute approximate surface area is 105 Å². The second-order valence-electron chi connectivity index (χ2n) is 5.33.